The highest BCUT2D eigenvalue weighted by Crippen LogP contribution is 2.29. The average molecular weight is 395 g/mol. The Balaban J connectivity index is 1.49. The molecule has 2 N–H and O–H groups in total. The lowest BCUT2D eigenvalue weighted by Crippen LogP contribution is -2.41. The molecule has 0 bridgehead atoms. The van der Waals surface area contributed by atoms with Gasteiger partial charge in [0.25, 0.3) is 5.91 Å². The molecule has 3 aromatic rings. The highest BCUT2D eigenvalue weighted by molar-refractivity contribution is 8.00. The SMILES string of the molecule is C[C@@H](NC(=O)c1ccco1)C(=O)Nc1nnc(SCc2cccs2)s1. The topological polar surface area (TPSA) is 97.1 Å². The van der Waals surface area contributed by atoms with Gasteiger partial charge in [0.1, 0.15) is 6.04 Å². The predicted octanol–water partition coefficient (Wildman–Crippen LogP) is 3.24. The molecular weight excluding hydrogens is 380 g/mol. The summed E-state index contributed by atoms with van der Waals surface area (Å²) in [6.45, 7) is 1.59. The van der Waals surface area contributed by atoms with E-state index in [4.69, 9.17) is 4.42 Å². The van der Waals surface area contributed by atoms with Gasteiger partial charge in [-0.25, -0.2) is 0 Å². The number of furan rings is 1. The maximum atomic E-state index is 12.1. The lowest BCUT2D eigenvalue weighted by molar-refractivity contribution is -0.117. The van der Waals surface area contributed by atoms with Gasteiger partial charge >= 0.3 is 0 Å². The molecule has 3 aromatic heterocycles. The monoisotopic (exact) mass is 394 g/mol. The number of rotatable bonds is 7. The first-order chi connectivity index (χ1) is 12.1. The van der Waals surface area contributed by atoms with Gasteiger partial charge in [0.15, 0.2) is 10.1 Å². The number of carbonyl (C=O) groups excluding carboxylic acids is 2. The zero-order valence-electron chi connectivity index (χ0n) is 13.1. The van der Waals surface area contributed by atoms with Crippen LogP contribution in [0.25, 0.3) is 0 Å². The molecule has 0 radical (unpaired) electrons. The maximum absolute atomic E-state index is 12.1. The molecule has 0 saturated carbocycles. The molecule has 10 heteroatoms. The standard InChI is InChI=1S/C15H14N4O3S3/c1-9(16-13(21)11-5-2-6-22-11)12(20)17-14-18-19-15(25-14)24-8-10-4-3-7-23-10/h2-7,9H,8H2,1H3,(H,16,21)(H,17,18,20)/t9-/m1/s1. The molecule has 0 aromatic carbocycles. The molecule has 0 saturated heterocycles. The molecule has 1 atom stereocenters. The van der Waals surface area contributed by atoms with Crippen molar-refractivity contribution >= 4 is 51.4 Å². The van der Waals surface area contributed by atoms with Crippen LogP contribution in [0, 0.1) is 0 Å². The van der Waals surface area contributed by atoms with Gasteiger partial charge in [-0.05, 0) is 30.5 Å². The molecule has 130 valence electrons. The summed E-state index contributed by atoms with van der Waals surface area (Å²) >= 11 is 4.55. The van der Waals surface area contributed by atoms with Crippen molar-refractivity contribution in [2.24, 2.45) is 0 Å². The van der Waals surface area contributed by atoms with Crippen molar-refractivity contribution in [1.29, 1.82) is 0 Å². The number of thioether (sulfide) groups is 1. The molecule has 0 unspecified atom stereocenters. The lowest BCUT2D eigenvalue weighted by Gasteiger charge is -2.11. The van der Waals surface area contributed by atoms with Gasteiger partial charge < -0.3 is 9.73 Å². The Kier molecular flexibility index (Phi) is 5.84. The second-order valence-electron chi connectivity index (χ2n) is 4.90. The minimum absolute atomic E-state index is 0.155. The third-order valence-electron chi connectivity index (χ3n) is 3.04. The fourth-order valence-corrected chi connectivity index (χ4v) is 4.33. The van der Waals surface area contributed by atoms with Gasteiger partial charge in [0, 0.05) is 10.6 Å². The summed E-state index contributed by atoms with van der Waals surface area (Å²) in [5.74, 6) is 0.154. The molecule has 0 spiro atoms. The zero-order valence-corrected chi connectivity index (χ0v) is 15.5. The summed E-state index contributed by atoms with van der Waals surface area (Å²) in [7, 11) is 0. The van der Waals surface area contributed by atoms with Gasteiger partial charge in [-0.2, -0.15) is 0 Å². The Labute approximate surface area is 155 Å². The van der Waals surface area contributed by atoms with E-state index in [1.54, 1.807) is 36.1 Å². The van der Waals surface area contributed by atoms with Crippen molar-refractivity contribution in [1.82, 2.24) is 15.5 Å². The minimum atomic E-state index is -0.733. The van der Waals surface area contributed by atoms with E-state index in [0.29, 0.717) is 5.13 Å². The van der Waals surface area contributed by atoms with Crippen molar-refractivity contribution in [3.05, 3.63) is 46.5 Å². The number of thiophene rings is 1. The van der Waals surface area contributed by atoms with Crippen LogP contribution in [0.4, 0.5) is 5.13 Å². The van der Waals surface area contributed by atoms with Crippen molar-refractivity contribution in [2.45, 2.75) is 23.1 Å². The normalized spacial score (nSPS) is 11.9. The molecule has 3 heterocycles. The summed E-state index contributed by atoms with van der Waals surface area (Å²) in [5, 5.41) is 15.6. The number of anilines is 1. The molecule has 0 aliphatic heterocycles. The molecule has 7 nitrogen and oxygen atoms in total. The first kappa shape index (κ1) is 17.6. The largest absolute Gasteiger partial charge is 0.459 e. The van der Waals surface area contributed by atoms with E-state index in [1.807, 2.05) is 11.4 Å². The highest BCUT2D eigenvalue weighted by Gasteiger charge is 2.19. The van der Waals surface area contributed by atoms with Crippen LogP contribution in [0.15, 0.2) is 44.7 Å². The molecule has 0 fully saturated rings. The number of hydrogen-bond acceptors (Lipinski definition) is 8. The molecule has 2 amide bonds. The average Bonchev–Trinajstić information content (AvgIpc) is 3.34. The van der Waals surface area contributed by atoms with Crippen LogP contribution in [0.2, 0.25) is 0 Å². The summed E-state index contributed by atoms with van der Waals surface area (Å²) in [6.07, 6.45) is 1.40. The van der Waals surface area contributed by atoms with Gasteiger partial charge in [-0.3, -0.25) is 14.9 Å². The van der Waals surface area contributed by atoms with Gasteiger partial charge in [-0.15, -0.1) is 21.5 Å². The summed E-state index contributed by atoms with van der Waals surface area (Å²) < 4.78 is 5.76. The molecule has 0 aliphatic rings. The van der Waals surface area contributed by atoms with Gasteiger partial charge in [0.2, 0.25) is 11.0 Å². The van der Waals surface area contributed by atoms with Crippen molar-refractivity contribution in [3.63, 3.8) is 0 Å². The number of carbonyl (C=O) groups is 2. The second kappa shape index (κ2) is 8.28. The Hall–Kier alpha value is -2.17. The van der Waals surface area contributed by atoms with Crippen molar-refractivity contribution < 1.29 is 14.0 Å². The Morgan fingerprint density at radius 3 is 2.92 bits per heavy atom. The van der Waals surface area contributed by atoms with Crippen LogP contribution in [0.3, 0.4) is 0 Å². The van der Waals surface area contributed by atoms with Gasteiger partial charge in [0.05, 0.1) is 6.26 Å². The smallest absolute Gasteiger partial charge is 0.287 e. The van der Waals surface area contributed by atoms with E-state index in [-0.39, 0.29) is 11.7 Å². The molecule has 0 aliphatic carbocycles. The molecular formula is C15H14N4O3S3. The Morgan fingerprint density at radius 1 is 1.32 bits per heavy atom. The van der Waals surface area contributed by atoms with Crippen LogP contribution < -0.4 is 10.6 Å². The van der Waals surface area contributed by atoms with E-state index in [9.17, 15) is 9.59 Å². The fraction of sp³-hybridized carbons (Fsp3) is 0.200. The van der Waals surface area contributed by atoms with E-state index >= 15 is 0 Å². The lowest BCUT2D eigenvalue weighted by atomic mass is 10.3. The summed E-state index contributed by atoms with van der Waals surface area (Å²) in [5.41, 5.74) is 0. The van der Waals surface area contributed by atoms with Crippen molar-refractivity contribution in [3.8, 4) is 0 Å². The first-order valence-electron chi connectivity index (χ1n) is 7.26. The van der Waals surface area contributed by atoms with Crippen LogP contribution >= 0.6 is 34.4 Å². The maximum Gasteiger partial charge on any atom is 0.287 e. The Morgan fingerprint density at radius 2 is 2.20 bits per heavy atom. The fourth-order valence-electron chi connectivity index (χ4n) is 1.80. The number of nitrogens with one attached hydrogen (secondary N) is 2. The van der Waals surface area contributed by atoms with E-state index < -0.39 is 11.9 Å². The number of aromatic nitrogens is 2. The van der Waals surface area contributed by atoms with E-state index in [0.717, 1.165) is 10.1 Å². The summed E-state index contributed by atoms with van der Waals surface area (Å²) in [4.78, 5) is 25.3. The minimum Gasteiger partial charge on any atom is -0.459 e. The number of amides is 2. The Bertz CT molecular complexity index is 830. The van der Waals surface area contributed by atoms with E-state index in [2.05, 4.69) is 26.9 Å². The first-order valence-corrected chi connectivity index (χ1v) is 9.94. The summed E-state index contributed by atoms with van der Waals surface area (Å²) in [6, 6.07) is 6.47. The van der Waals surface area contributed by atoms with Crippen LogP contribution in [0.1, 0.15) is 22.4 Å². The van der Waals surface area contributed by atoms with Crippen LogP contribution in [0.5, 0.6) is 0 Å². The molecule has 3 rings (SSSR count). The number of nitrogens with zero attached hydrogens (tertiary/aromatic N) is 2. The second-order valence-corrected chi connectivity index (χ2v) is 8.14. The zero-order chi connectivity index (χ0) is 17.6. The number of hydrogen-bond donors (Lipinski definition) is 2. The quantitative estimate of drug-likeness (QED) is 0.472. The predicted molar refractivity (Wildman–Crippen MR) is 98.1 cm³/mol. The van der Waals surface area contributed by atoms with Gasteiger partial charge in [-0.1, -0.05) is 29.2 Å². The van der Waals surface area contributed by atoms with E-state index in [1.165, 1.54) is 28.5 Å². The van der Waals surface area contributed by atoms with Crippen LogP contribution in [-0.2, 0) is 10.5 Å². The van der Waals surface area contributed by atoms with Crippen molar-refractivity contribution in [2.75, 3.05) is 5.32 Å². The molecule has 25 heavy (non-hydrogen) atoms. The third kappa shape index (κ3) is 4.91. The highest BCUT2D eigenvalue weighted by atomic mass is 32.2. The van der Waals surface area contributed by atoms with Crippen LogP contribution in [-0.4, -0.2) is 28.1 Å². The third-order valence-corrected chi connectivity index (χ3v) is 6.12.